The van der Waals surface area contributed by atoms with Gasteiger partial charge >= 0.3 is 0 Å². The highest BCUT2D eigenvalue weighted by atomic mass is 35.5. The molecule has 0 atom stereocenters. The third-order valence-corrected chi connectivity index (χ3v) is 3.09. The van der Waals surface area contributed by atoms with Gasteiger partial charge in [-0.15, -0.1) is 12.4 Å². The number of ether oxygens (including phenoxy) is 1. The fourth-order valence-electron chi connectivity index (χ4n) is 1.89. The fraction of sp³-hybridized carbons (Fsp3) is 0.333. The number of hydrogen-bond acceptors (Lipinski definition) is 2. The van der Waals surface area contributed by atoms with E-state index >= 15 is 0 Å². The van der Waals surface area contributed by atoms with Gasteiger partial charge in [0.15, 0.2) is 0 Å². The van der Waals surface area contributed by atoms with Crippen molar-refractivity contribution in [2.45, 2.75) is 39.5 Å². The molecule has 2 aromatic rings. The first-order valence-electron chi connectivity index (χ1n) is 7.14. The first kappa shape index (κ1) is 18.5. The van der Waals surface area contributed by atoms with Crippen molar-refractivity contribution in [1.82, 2.24) is 5.32 Å². The molecule has 4 heteroatoms. The Hall–Kier alpha value is -1.58. The van der Waals surface area contributed by atoms with Gasteiger partial charge in [-0.1, -0.05) is 30.3 Å². The highest BCUT2D eigenvalue weighted by molar-refractivity contribution is 5.85. The Morgan fingerprint density at radius 2 is 1.64 bits per heavy atom. The number of rotatable bonds is 5. The van der Waals surface area contributed by atoms with E-state index in [0.29, 0.717) is 6.61 Å². The fourth-order valence-corrected chi connectivity index (χ4v) is 1.89. The predicted molar refractivity (Wildman–Crippen MR) is 91.0 cm³/mol. The van der Waals surface area contributed by atoms with Crippen LogP contribution in [0.3, 0.4) is 0 Å². The Kier molecular flexibility index (Phi) is 6.85. The molecule has 2 nitrogen and oxygen atoms in total. The lowest BCUT2D eigenvalue weighted by atomic mass is 10.1. The first-order valence-corrected chi connectivity index (χ1v) is 7.14. The molecule has 2 aromatic carbocycles. The summed E-state index contributed by atoms with van der Waals surface area (Å²) >= 11 is 0. The SMILES string of the molecule is CC(C)(C)NCc1ccccc1OCc1ccc(F)cc1.Cl. The van der Waals surface area contributed by atoms with Crippen LogP contribution in [0.4, 0.5) is 4.39 Å². The number of halogens is 2. The van der Waals surface area contributed by atoms with Crippen LogP contribution >= 0.6 is 12.4 Å². The summed E-state index contributed by atoms with van der Waals surface area (Å²) in [6.45, 7) is 7.59. The number of nitrogens with one attached hydrogen (secondary N) is 1. The summed E-state index contributed by atoms with van der Waals surface area (Å²) in [5, 5.41) is 3.45. The minimum absolute atomic E-state index is 0. The van der Waals surface area contributed by atoms with Gasteiger partial charge in [-0.2, -0.15) is 0 Å². The average molecular weight is 324 g/mol. The summed E-state index contributed by atoms with van der Waals surface area (Å²) in [5.74, 6) is 0.632. The van der Waals surface area contributed by atoms with Crippen LogP contribution in [0, 0.1) is 5.82 Å². The van der Waals surface area contributed by atoms with E-state index in [9.17, 15) is 4.39 Å². The molecule has 1 N–H and O–H groups in total. The van der Waals surface area contributed by atoms with Gasteiger partial charge in [0, 0.05) is 17.6 Å². The van der Waals surface area contributed by atoms with Crippen molar-refractivity contribution >= 4 is 12.4 Å². The zero-order chi connectivity index (χ0) is 15.3. The lowest BCUT2D eigenvalue weighted by Gasteiger charge is -2.21. The smallest absolute Gasteiger partial charge is 0.124 e. The monoisotopic (exact) mass is 323 g/mol. The molecule has 0 heterocycles. The van der Waals surface area contributed by atoms with Crippen molar-refractivity contribution in [2.75, 3.05) is 0 Å². The molecule has 0 aliphatic rings. The van der Waals surface area contributed by atoms with Gasteiger partial charge in [0.25, 0.3) is 0 Å². The average Bonchev–Trinajstić information content (AvgIpc) is 2.44. The maximum absolute atomic E-state index is 12.9. The highest BCUT2D eigenvalue weighted by Gasteiger charge is 2.10. The molecule has 0 saturated heterocycles. The van der Waals surface area contributed by atoms with Crippen LogP contribution in [0.15, 0.2) is 48.5 Å². The van der Waals surface area contributed by atoms with Gasteiger partial charge in [0.2, 0.25) is 0 Å². The minimum Gasteiger partial charge on any atom is -0.489 e. The van der Waals surface area contributed by atoms with Crippen molar-refractivity contribution in [3.8, 4) is 5.75 Å². The normalized spacial score (nSPS) is 10.9. The maximum atomic E-state index is 12.9. The summed E-state index contributed by atoms with van der Waals surface area (Å²) in [7, 11) is 0. The Balaban J connectivity index is 0.00000242. The first-order chi connectivity index (χ1) is 9.94. The van der Waals surface area contributed by atoms with Crippen LogP contribution in [0.1, 0.15) is 31.9 Å². The molecule has 0 fully saturated rings. The lowest BCUT2D eigenvalue weighted by molar-refractivity contribution is 0.300. The van der Waals surface area contributed by atoms with Crippen molar-refractivity contribution < 1.29 is 9.13 Å². The summed E-state index contributed by atoms with van der Waals surface area (Å²) < 4.78 is 18.7. The summed E-state index contributed by atoms with van der Waals surface area (Å²) in [6.07, 6.45) is 0. The topological polar surface area (TPSA) is 21.3 Å². The van der Waals surface area contributed by atoms with Crippen molar-refractivity contribution in [3.63, 3.8) is 0 Å². The molecule has 0 unspecified atom stereocenters. The van der Waals surface area contributed by atoms with Crippen LogP contribution in [0.5, 0.6) is 5.75 Å². The third kappa shape index (κ3) is 6.04. The van der Waals surface area contributed by atoms with Crippen LogP contribution in [-0.2, 0) is 13.2 Å². The van der Waals surface area contributed by atoms with Crippen molar-refractivity contribution in [2.24, 2.45) is 0 Å². The number of hydrogen-bond donors (Lipinski definition) is 1. The Morgan fingerprint density at radius 1 is 1.00 bits per heavy atom. The largest absolute Gasteiger partial charge is 0.489 e. The molecule has 2 rings (SSSR count). The molecule has 22 heavy (non-hydrogen) atoms. The predicted octanol–water partition coefficient (Wildman–Crippen LogP) is 4.71. The quantitative estimate of drug-likeness (QED) is 0.860. The Labute approximate surface area is 138 Å². The second kappa shape index (κ2) is 8.16. The van der Waals surface area contributed by atoms with Gasteiger partial charge < -0.3 is 10.1 Å². The zero-order valence-electron chi connectivity index (χ0n) is 13.2. The van der Waals surface area contributed by atoms with Gasteiger partial charge in [0.05, 0.1) is 0 Å². The van der Waals surface area contributed by atoms with E-state index in [2.05, 4.69) is 32.2 Å². The Bertz CT molecular complexity index is 578. The van der Waals surface area contributed by atoms with E-state index in [1.54, 1.807) is 12.1 Å². The second-order valence-electron chi connectivity index (χ2n) is 6.13. The summed E-state index contributed by atoms with van der Waals surface area (Å²) in [6, 6.07) is 14.4. The van der Waals surface area contributed by atoms with E-state index in [-0.39, 0.29) is 23.8 Å². The zero-order valence-corrected chi connectivity index (χ0v) is 14.0. The van der Waals surface area contributed by atoms with Gasteiger partial charge in [-0.05, 0) is 44.5 Å². The molecule has 120 valence electrons. The standard InChI is InChI=1S/C18H22FNO.ClH/c1-18(2,3)20-12-15-6-4-5-7-17(15)21-13-14-8-10-16(19)11-9-14;/h4-11,20H,12-13H2,1-3H3;1H. The van der Waals surface area contributed by atoms with E-state index < -0.39 is 0 Å². The van der Waals surface area contributed by atoms with Gasteiger partial charge in [-0.25, -0.2) is 4.39 Å². The molecule has 0 aliphatic carbocycles. The lowest BCUT2D eigenvalue weighted by Crippen LogP contribution is -2.35. The highest BCUT2D eigenvalue weighted by Crippen LogP contribution is 2.20. The summed E-state index contributed by atoms with van der Waals surface area (Å²) in [4.78, 5) is 0. The maximum Gasteiger partial charge on any atom is 0.124 e. The molecule has 0 aliphatic heterocycles. The van der Waals surface area contributed by atoms with Gasteiger partial charge in [0.1, 0.15) is 18.2 Å². The third-order valence-electron chi connectivity index (χ3n) is 3.09. The molecule has 0 aromatic heterocycles. The molecule has 0 saturated carbocycles. The van der Waals surface area contributed by atoms with E-state index in [0.717, 1.165) is 23.4 Å². The summed E-state index contributed by atoms with van der Waals surface area (Å²) in [5.41, 5.74) is 2.13. The van der Waals surface area contributed by atoms with Crippen molar-refractivity contribution in [3.05, 3.63) is 65.5 Å². The van der Waals surface area contributed by atoms with Crippen LogP contribution < -0.4 is 10.1 Å². The minimum atomic E-state index is -0.228. The molecular formula is C18H23ClFNO. The molecule has 0 radical (unpaired) electrons. The number of benzene rings is 2. The van der Waals surface area contributed by atoms with Crippen molar-refractivity contribution in [1.29, 1.82) is 0 Å². The number of para-hydroxylation sites is 1. The van der Waals surface area contributed by atoms with E-state index in [1.165, 1.54) is 12.1 Å². The van der Waals surface area contributed by atoms with E-state index in [4.69, 9.17) is 4.74 Å². The second-order valence-corrected chi connectivity index (χ2v) is 6.13. The van der Waals surface area contributed by atoms with E-state index in [1.807, 2.05) is 18.2 Å². The molecule has 0 spiro atoms. The molecule has 0 amide bonds. The van der Waals surface area contributed by atoms with Crippen LogP contribution in [-0.4, -0.2) is 5.54 Å². The van der Waals surface area contributed by atoms with Crippen LogP contribution in [0.2, 0.25) is 0 Å². The Morgan fingerprint density at radius 3 is 2.27 bits per heavy atom. The van der Waals surface area contributed by atoms with Gasteiger partial charge in [-0.3, -0.25) is 0 Å². The molecular weight excluding hydrogens is 301 g/mol. The molecule has 0 bridgehead atoms. The van der Waals surface area contributed by atoms with Crippen LogP contribution in [0.25, 0.3) is 0 Å².